The predicted molar refractivity (Wildman–Crippen MR) is 131 cm³/mol. The summed E-state index contributed by atoms with van der Waals surface area (Å²) in [5.74, 6) is -1.66. The minimum absolute atomic E-state index is 0.0626. The van der Waals surface area contributed by atoms with Crippen LogP contribution in [-0.4, -0.2) is 42.3 Å². The highest BCUT2D eigenvalue weighted by atomic mass is 16.5. The second-order valence-electron chi connectivity index (χ2n) is 8.87. The number of rotatable bonds is 12. The average Bonchev–Trinajstić information content (AvgIpc) is 3.16. The molecule has 0 fully saturated rings. The van der Waals surface area contributed by atoms with Gasteiger partial charge in [-0.1, -0.05) is 55.5 Å². The van der Waals surface area contributed by atoms with Gasteiger partial charge in [0.25, 0.3) is 0 Å². The minimum Gasteiger partial charge on any atom is -0.481 e. The van der Waals surface area contributed by atoms with E-state index >= 15 is 0 Å². The number of nitrogens with zero attached hydrogens (tertiary/aromatic N) is 1. The van der Waals surface area contributed by atoms with E-state index in [9.17, 15) is 14.4 Å². The summed E-state index contributed by atoms with van der Waals surface area (Å²) in [5, 5.41) is 23.0. The van der Waals surface area contributed by atoms with Gasteiger partial charge in [-0.3, -0.25) is 9.59 Å². The summed E-state index contributed by atoms with van der Waals surface area (Å²) >= 11 is 0. The summed E-state index contributed by atoms with van der Waals surface area (Å²) in [4.78, 5) is 36.3. The summed E-state index contributed by atoms with van der Waals surface area (Å²) < 4.78 is 5.57. The zero-order chi connectivity index (χ0) is 25.2. The second-order valence-corrected chi connectivity index (χ2v) is 8.87. The smallest absolute Gasteiger partial charge is 0.407 e. The molecule has 0 heterocycles. The zero-order valence-electron chi connectivity index (χ0n) is 19.8. The monoisotopic (exact) mass is 477 g/mol. The quantitative estimate of drug-likeness (QED) is 0.393. The van der Waals surface area contributed by atoms with Crippen LogP contribution in [0.5, 0.6) is 0 Å². The molecule has 0 spiro atoms. The largest absolute Gasteiger partial charge is 0.481 e. The van der Waals surface area contributed by atoms with Gasteiger partial charge in [0.05, 0.1) is 6.07 Å². The number of unbranched alkanes of at least 4 members (excludes halogenated alkanes) is 2. The van der Waals surface area contributed by atoms with Crippen molar-refractivity contribution in [2.75, 3.05) is 13.2 Å². The Balaban J connectivity index is 1.60. The molecule has 1 aliphatic rings. The average molecular weight is 478 g/mol. The number of amides is 2. The first-order valence-electron chi connectivity index (χ1n) is 11.9. The van der Waals surface area contributed by atoms with Crippen molar-refractivity contribution >= 4 is 18.0 Å². The highest BCUT2D eigenvalue weighted by Crippen LogP contribution is 2.44. The Morgan fingerprint density at radius 1 is 1.06 bits per heavy atom. The summed E-state index contributed by atoms with van der Waals surface area (Å²) in [7, 11) is 0. The molecule has 8 nitrogen and oxygen atoms in total. The first-order chi connectivity index (χ1) is 16.9. The molecule has 0 radical (unpaired) electrons. The van der Waals surface area contributed by atoms with Crippen LogP contribution in [0.4, 0.5) is 4.79 Å². The van der Waals surface area contributed by atoms with Crippen LogP contribution in [0.25, 0.3) is 11.1 Å². The van der Waals surface area contributed by atoms with Crippen molar-refractivity contribution < 1.29 is 24.2 Å². The highest BCUT2D eigenvalue weighted by molar-refractivity contribution is 5.85. The minimum atomic E-state index is -0.934. The molecule has 2 aromatic rings. The standard InChI is InChI=1S/C27H31N3O5/c1-18(15-25(31)32)16-29-26(33)24(13-3-2-8-14-28)30-27(34)35-17-23-21-11-6-4-9-19(21)20-10-5-7-12-22(20)23/h4-7,9-12,18,23-24H,2-3,8,13,15-17H2,1H3,(H,29,33)(H,30,34)(H,31,32). The fourth-order valence-electron chi connectivity index (χ4n) is 4.37. The molecule has 0 saturated heterocycles. The molecule has 0 saturated carbocycles. The van der Waals surface area contributed by atoms with E-state index in [1.807, 2.05) is 36.4 Å². The molecule has 0 aromatic heterocycles. The number of carboxylic acids is 1. The maximum Gasteiger partial charge on any atom is 0.407 e. The van der Waals surface area contributed by atoms with Crippen molar-refractivity contribution in [3.8, 4) is 17.2 Å². The molecule has 2 unspecified atom stereocenters. The number of nitriles is 1. The topological polar surface area (TPSA) is 129 Å². The fourth-order valence-corrected chi connectivity index (χ4v) is 4.37. The Hall–Kier alpha value is -3.86. The van der Waals surface area contributed by atoms with Crippen LogP contribution in [0.2, 0.25) is 0 Å². The van der Waals surface area contributed by atoms with Gasteiger partial charge in [0.2, 0.25) is 5.91 Å². The van der Waals surface area contributed by atoms with Crippen LogP contribution in [-0.2, 0) is 14.3 Å². The summed E-state index contributed by atoms with van der Waals surface area (Å²) in [6.45, 7) is 2.06. The SMILES string of the molecule is CC(CNC(=O)C(CCCCC#N)NC(=O)OCC1c2ccccc2-c2ccccc21)CC(=O)O. The van der Waals surface area contributed by atoms with Gasteiger partial charge in [-0.05, 0) is 47.4 Å². The van der Waals surface area contributed by atoms with Gasteiger partial charge in [0.1, 0.15) is 12.6 Å². The van der Waals surface area contributed by atoms with Crippen molar-refractivity contribution in [3.05, 3.63) is 59.7 Å². The van der Waals surface area contributed by atoms with Gasteiger partial charge < -0.3 is 20.5 Å². The number of hydrogen-bond donors (Lipinski definition) is 3. The Labute approximate surface area is 205 Å². The molecular weight excluding hydrogens is 446 g/mol. The van der Waals surface area contributed by atoms with E-state index in [0.29, 0.717) is 25.7 Å². The van der Waals surface area contributed by atoms with Crippen LogP contribution in [0.3, 0.4) is 0 Å². The van der Waals surface area contributed by atoms with E-state index < -0.39 is 24.0 Å². The van der Waals surface area contributed by atoms with E-state index in [1.165, 1.54) is 0 Å². The number of ether oxygens (including phenoxy) is 1. The third kappa shape index (κ3) is 7.06. The van der Waals surface area contributed by atoms with Crippen molar-refractivity contribution in [1.29, 1.82) is 5.26 Å². The lowest BCUT2D eigenvalue weighted by Gasteiger charge is -2.20. The predicted octanol–water partition coefficient (Wildman–Crippen LogP) is 4.20. The van der Waals surface area contributed by atoms with Crippen molar-refractivity contribution in [2.24, 2.45) is 5.92 Å². The lowest BCUT2D eigenvalue weighted by atomic mass is 9.98. The second kappa shape index (κ2) is 12.6. The number of benzene rings is 2. The Kier molecular flexibility index (Phi) is 9.24. The number of carbonyl (C=O) groups is 3. The molecule has 0 aliphatic heterocycles. The van der Waals surface area contributed by atoms with Crippen molar-refractivity contribution in [1.82, 2.24) is 10.6 Å². The maximum absolute atomic E-state index is 12.7. The number of aliphatic carboxylic acids is 1. The summed E-state index contributed by atoms with van der Waals surface area (Å²) in [5.41, 5.74) is 4.45. The summed E-state index contributed by atoms with van der Waals surface area (Å²) in [6, 6.07) is 17.3. The number of alkyl carbamates (subject to hydrolysis) is 1. The van der Waals surface area contributed by atoms with E-state index in [-0.39, 0.29) is 31.4 Å². The van der Waals surface area contributed by atoms with Gasteiger partial charge in [0, 0.05) is 25.3 Å². The van der Waals surface area contributed by atoms with Gasteiger partial charge in [-0.15, -0.1) is 0 Å². The number of nitrogens with one attached hydrogen (secondary N) is 2. The fraction of sp³-hybridized carbons (Fsp3) is 0.407. The molecule has 184 valence electrons. The van der Waals surface area contributed by atoms with Crippen LogP contribution in [0.15, 0.2) is 48.5 Å². The molecule has 2 aromatic carbocycles. The van der Waals surface area contributed by atoms with E-state index in [2.05, 4.69) is 28.8 Å². The van der Waals surface area contributed by atoms with E-state index in [0.717, 1.165) is 22.3 Å². The normalized spacial score (nSPS) is 13.6. The molecule has 2 atom stereocenters. The van der Waals surface area contributed by atoms with Gasteiger partial charge >= 0.3 is 12.1 Å². The number of fused-ring (bicyclic) bond motifs is 3. The van der Waals surface area contributed by atoms with Crippen molar-refractivity contribution in [3.63, 3.8) is 0 Å². The van der Waals surface area contributed by atoms with Crippen LogP contribution in [0.1, 0.15) is 56.1 Å². The molecule has 1 aliphatic carbocycles. The number of carbonyl (C=O) groups excluding carboxylic acids is 2. The Morgan fingerprint density at radius 3 is 2.29 bits per heavy atom. The number of carboxylic acid groups (broad SMARTS) is 1. The molecule has 8 heteroatoms. The molecule has 3 N–H and O–H groups in total. The molecule has 0 bridgehead atoms. The molecule has 2 amide bonds. The summed E-state index contributed by atoms with van der Waals surface area (Å²) in [6.07, 6.45) is 1.17. The highest BCUT2D eigenvalue weighted by Gasteiger charge is 2.29. The third-order valence-corrected chi connectivity index (χ3v) is 6.13. The van der Waals surface area contributed by atoms with Crippen molar-refractivity contribution in [2.45, 2.75) is 51.0 Å². The Bertz CT molecular complexity index is 1050. The van der Waals surface area contributed by atoms with Gasteiger partial charge in [-0.25, -0.2) is 4.79 Å². The van der Waals surface area contributed by atoms with Crippen LogP contribution >= 0.6 is 0 Å². The van der Waals surface area contributed by atoms with E-state index in [4.69, 9.17) is 15.1 Å². The first kappa shape index (κ1) is 25.8. The number of hydrogen-bond acceptors (Lipinski definition) is 5. The van der Waals surface area contributed by atoms with Crippen LogP contribution in [0, 0.1) is 17.2 Å². The lowest BCUT2D eigenvalue weighted by molar-refractivity contribution is -0.138. The van der Waals surface area contributed by atoms with E-state index in [1.54, 1.807) is 6.92 Å². The maximum atomic E-state index is 12.7. The Morgan fingerprint density at radius 2 is 1.69 bits per heavy atom. The lowest BCUT2D eigenvalue weighted by Crippen LogP contribution is -2.48. The third-order valence-electron chi connectivity index (χ3n) is 6.13. The van der Waals surface area contributed by atoms with Gasteiger partial charge in [-0.2, -0.15) is 5.26 Å². The first-order valence-corrected chi connectivity index (χ1v) is 11.9. The molecule has 3 rings (SSSR count). The zero-order valence-corrected chi connectivity index (χ0v) is 19.8. The van der Waals surface area contributed by atoms with Crippen LogP contribution < -0.4 is 10.6 Å². The molecular formula is C27H31N3O5. The molecule has 35 heavy (non-hydrogen) atoms. The van der Waals surface area contributed by atoms with Gasteiger partial charge in [0.15, 0.2) is 0 Å².